The third kappa shape index (κ3) is 4.13. The molecule has 2 amide bonds. The molecular formula is C19H19FN8O3. The number of amides is 2. The van der Waals surface area contributed by atoms with Crippen molar-refractivity contribution in [3.05, 3.63) is 41.2 Å². The molecule has 2 fully saturated rings. The Morgan fingerprint density at radius 2 is 2.03 bits per heavy atom. The molecule has 2 aliphatic rings. The second-order valence-corrected chi connectivity index (χ2v) is 7.28. The summed E-state index contributed by atoms with van der Waals surface area (Å²) in [5.41, 5.74) is 5.57. The van der Waals surface area contributed by atoms with Gasteiger partial charge in [0.05, 0.1) is 25.0 Å². The van der Waals surface area contributed by atoms with Gasteiger partial charge in [0.2, 0.25) is 11.9 Å². The van der Waals surface area contributed by atoms with E-state index in [4.69, 9.17) is 15.8 Å². The van der Waals surface area contributed by atoms with Crippen LogP contribution in [0, 0.1) is 23.1 Å². The van der Waals surface area contributed by atoms with E-state index in [0.29, 0.717) is 44.5 Å². The Kier molecular flexibility index (Phi) is 5.68. The van der Waals surface area contributed by atoms with Crippen molar-refractivity contribution < 1.29 is 18.8 Å². The van der Waals surface area contributed by atoms with Crippen LogP contribution in [0.3, 0.4) is 0 Å². The molecule has 2 aromatic heterocycles. The second kappa shape index (κ2) is 8.57. The van der Waals surface area contributed by atoms with Crippen LogP contribution in [0.5, 0.6) is 0 Å². The molecule has 160 valence electrons. The van der Waals surface area contributed by atoms with Crippen LogP contribution in [0.25, 0.3) is 0 Å². The van der Waals surface area contributed by atoms with E-state index in [-0.39, 0.29) is 29.5 Å². The summed E-state index contributed by atoms with van der Waals surface area (Å²) in [6, 6.07) is 3.23. The first kappa shape index (κ1) is 20.5. The lowest BCUT2D eigenvalue weighted by atomic mass is 9.95. The largest absolute Gasteiger partial charge is 0.364 e. The number of piperidine rings is 1. The fourth-order valence-electron chi connectivity index (χ4n) is 3.80. The Morgan fingerprint density at radius 1 is 1.26 bits per heavy atom. The van der Waals surface area contributed by atoms with Gasteiger partial charge in [-0.1, -0.05) is 0 Å². The highest BCUT2D eigenvalue weighted by Crippen LogP contribution is 2.33. The third-order valence-corrected chi connectivity index (χ3v) is 5.39. The molecule has 4 heterocycles. The highest BCUT2D eigenvalue weighted by molar-refractivity contribution is 5.91. The molecule has 2 aliphatic heterocycles. The van der Waals surface area contributed by atoms with Crippen LogP contribution in [-0.4, -0.2) is 56.7 Å². The maximum atomic E-state index is 13.6. The number of nitrogens with two attached hydrogens (primary N) is 1. The molecule has 2 aromatic rings. The summed E-state index contributed by atoms with van der Waals surface area (Å²) in [5.74, 6) is -2.06. The van der Waals surface area contributed by atoms with Crippen molar-refractivity contribution in [2.24, 2.45) is 11.7 Å². The third-order valence-electron chi connectivity index (χ3n) is 5.39. The Labute approximate surface area is 176 Å². The van der Waals surface area contributed by atoms with Gasteiger partial charge in [-0.25, -0.2) is 19.4 Å². The molecule has 0 spiro atoms. The van der Waals surface area contributed by atoms with E-state index in [1.54, 1.807) is 11.0 Å². The molecule has 0 saturated carbocycles. The first-order chi connectivity index (χ1) is 15.0. The van der Waals surface area contributed by atoms with E-state index >= 15 is 0 Å². The number of halogens is 1. The predicted molar refractivity (Wildman–Crippen MR) is 102 cm³/mol. The number of rotatable bonds is 4. The summed E-state index contributed by atoms with van der Waals surface area (Å²) in [5, 5.41) is 18.0. The van der Waals surface area contributed by atoms with Crippen LogP contribution >= 0.6 is 0 Å². The van der Waals surface area contributed by atoms with Crippen molar-refractivity contribution in [2.75, 3.05) is 24.6 Å². The van der Waals surface area contributed by atoms with E-state index in [1.807, 2.05) is 6.07 Å². The fourth-order valence-corrected chi connectivity index (χ4v) is 3.80. The summed E-state index contributed by atoms with van der Waals surface area (Å²) in [6.07, 6.45) is 4.07. The lowest BCUT2D eigenvalue weighted by molar-refractivity contribution is -0.182. The van der Waals surface area contributed by atoms with Crippen molar-refractivity contribution >= 4 is 17.8 Å². The van der Waals surface area contributed by atoms with Gasteiger partial charge in [0.1, 0.15) is 6.07 Å². The topological polar surface area (TPSA) is 151 Å². The van der Waals surface area contributed by atoms with Gasteiger partial charge in [0.15, 0.2) is 17.2 Å². The monoisotopic (exact) mass is 426 g/mol. The minimum absolute atomic E-state index is 0.143. The molecule has 0 aromatic carbocycles. The van der Waals surface area contributed by atoms with E-state index in [0.717, 1.165) is 6.20 Å². The number of primary amides is 1. The molecule has 0 unspecified atom stereocenters. The first-order valence-corrected chi connectivity index (χ1v) is 9.74. The average Bonchev–Trinajstić information content (AvgIpc) is 3.29. The van der Waals surface area contributed by atoms with Crippen LogP contribution in [0.4, 0.5) is 10.3 Å². The van der Waals surface area contributed by atoms with Gasteiger partial charge in [0, 0.05) is 31.0 Å². The first-order valence-electron chi connectivity index (χ1n) is 9.74. The highest BCUT2D eigenvalue weighted by atomic mass is 19.1. The average molecular weight is 426 g/mol. The molecular weight excluding hydrogens is 407 g/mol. The summed E-state index contributed by atoms with van der Waals surface area (Å²) < 4.78 is 13.6. The Balaban J connectivity index is 1.43. The van der Waals surface area contributed by atoms with Gasteiger partial charge in [-0.3, -0.25) is 14.4 Å². The number of hydrogen-bond acceptors (Lipinski definition) is 9. The van der Waals surface area contributed by atoms with Crippen molar-refractivity contribution in [3.8, 4) is 6.07 Å². The molecule has 2 N–H and O–H groups in total. The number of anilines is 1. The number of carbonyl (C=O) groups is 2. The molecule has 0 radical (unpaired) electrons. The SMILES string of the molecule is N#Cc1cc([C@@H]2CCON2C(=O)C2CCN(c3ncc(F)c(C(N)=O)n3)CC2)cnn1. The number of carbonyl (C=O) groups excluding carboxylic acids is 2. The zero-order valence-corrected chi connectivity index (χ0v) is 16.4. The Hall–Kier alpha value is -3.72. The molecule has 31 heavy (non-hydrogen) atoms. The normalized spacial score (nSPS) is 19.3. The van der Waals surface area contributed by atoms with Crippen molar-refractivity contribution in [3.63, 3.8) is 0 Å². The van der Waals surface area contributed by atoms with Crippen LogP contribution in [-0.2, 0) is 9.63 Å². The number of nitrogens with zero attached hydrogens (tertiary/aromatic N) is 7. The minimum Gasteiger partial charge on any atom is -0.364 e. The number of aromatic nitrogens is 4. The van der Waals surface area contributed by atoms with Crippen LogP contribution in [0.1, 0.15) is 47.1 Å². The van der Waals surface area contributed by atoms with Gasteiger partial charge in [0.25, 0.3) is 5.91 Å². The van der Waals surface area contributed by atoms with Gasteiger partial charge >= 0.3 is 0 Å². The fraction of sp³-hybridized carbons (Fsp3) is 0.421. The van der Waals surface area contributed by atoms with Gasteiger partial charge < -0.3 is 10.6 Å². The molecule has 12 heteroatoms. The maximum absolute atomic E-state index is 13.6. The van der Waals surface area contributed by atoms with Crippen LogP contribution in [0.15, 0.2) is 18.5 Å². The van der Waals surface area contributed by atoms with Crippen LogP contribution < -0.4 is 10.6 Å². The lowest BCUT2D eigenvalue weighted by Crippen LogP contribution is -2.42. The predicted octanol–water partition coefficient (Wildman–Crippen LogP) is 0.498. The minimum atomic E-state index is -0.964. The summed E-state index contributed by atoms with van der Waals surface area (Å²) in [6.45, 7) is 1.29. The number of hydroxylamine groups is 2. The van der Waals surface area contributed by atoms with Crippen LogP contribution in [0.2, 0.25) is 0 Å². The number of nitriles is 1. The smallest absolute Gasteiger partial charge is 0.270 e. The summed E-state index contributed by atoms with van der Waals surface area (Å²) in [7, 11) is 0. The van der Waals surface area contributed by atoms with Gasteiger partial charge in [-0.2, -0.15) is 10.4 Å². The quantitative estimate of drug-likeness (QED) is 0.736. The van der Waals surface area contributed by atoms with E-state index in [1.165, 1.54) is 11.3 Å². The summed E-state index contributed by atoms with van der Waals surface area (Å²) >= 11 is 0. The summed E-state index contributed by atoms with van der Waals surface area (Å²) in [4.78, 5) is 39.7. The molecule has 2 saturated heterocycles. The molecule has 0 aliphatic carbocycles. The highest BCUT2D eigenvalue weighted by Gasteiger charge is 2.37. The zero-order valence-electron chi connectivity index (χ0n) is 16.4. The van der Waals surface area contributed by atoms with Crippen molar-refractivity contribution in [1.82, 2.24) is 25.2 Å². The van der Waals surface area contributed by atoms with Gasteiger partial charge in [-0.15, -0.1) is 5.10 Å². The lowest BCUT2D eigenvalue weighted by Gasteiger charge is -2.34. The molecule has 11 nitrogen and oxygen atoms in total. The van der Waals surface area contributed by atoms with Crippen molar-refractivity contribution in [1.29, 1.82) is 5.26 Å². The van der Waals surface area contributed by atoms with Gasteiger partial charge in [-0.05, 0) is 18.9 Å². The van der Waals surface area contributed by atoms with E-state index < -0.39 is 17.4 Å². The van der Waals surface area contributed by atoms with E-state index in [9.17, 15) is 14.0 Å². The standard InChI is InChI=1S/C19H19FN8O3/c20-14-10-23-19(25-16(14)17(22)29)27-4-1-11(2-5-27)18(30)28-15(3-6-31-28)12-7-13(8-21)26-24-9-12/h7,9-11,15H,1-6H2,(H2,22,29)/t15-/m0/s1. The number of hydrogen-bond donors (Lipinski definition) is 1. The maximum Gasteiger partial charge on any atom is 0.270 e. The Morgan fingerprint density at radius 3 is 2.74 bits per heavy atom. The van der Waals surface area contributed by atoms with Crippen molar-refractivity contribution in [2.45, 2.75) is 25.3 Å². The second-order valence-electron chi connectivity index (χ2n) is 7.28. The molecule has 0 bridgehead atoms. The molecule has 1 atom stereocenters. The van der Waals surface area contributed by atoms with E-state index in [2.05, 4.69) is 20.2 Å². The zero-order chi connectivity index (χ0) is 22.0. The molecule has 4 rings (SSSR count). The Bertz CT molecular complexity index is 1050.